The number of anilines is 1. The highest BCUT2D eigenvalue weighted by Gasteiger charge is 2.20. The topological polar surface area (TPSA) is 50.4 Å². The zero-order valence-electron chi connectivity index (χ0n) is 13.2. The maximum atomic E-state index is 11.7. The maximum Gasteiger partial charge on any atom is 0.412 e. The van der Waals surface area contributed by atoms with E-state index in [4.69, 9.17) is 4.74 Å². The number of hydrogen-bond donors (Lipinski definition) is 2. The lowest BCUT2D eigenvalue weighted by Gasteiger charge is -2.19. The second kappa shape index (κ2) is 6.94. The summed E-state index contributed by atoms with van der Waals surface area (Å²) in [7, 11) is 0. The van der Waals surface area contributed by atoms with Gasteiger partial charge in [-0.2, -0.15) is 0 Å². The summed E-state index contributed by atoms with van der Waals surface area (Å²) in [4.78, 5) is 11.7. The van der Waals surface area contributed by atoms with Gasteiger partial charge >= 0.3 is 6.09 Å². The van der Waals surface area contributed by atoms with Crippen molar-refractivity contribution in [1.29, 1.82) is 0 Å². The van der Waals surface area contributed by atoms with E-state index in [0.717, 1.165) is 31.1 Å². The average molecular weight is 290 g/mol. The normalized spacial score (nSPS) is 14.8. The molecule has 1 aliphatic carbocycles. The quantitative estimate of drug-likeness (QED) is 0.787. The van der Waals surface area contributed by atoms with Crippen molar-refractivity contribution in [3.05, 3.63) is 29.8 Å². The molecule has 0 saturated heterocycles. The molecule has 1 aromatic rings. The first-order valence-electron chi connectivity index (χ1n) is 7.72. The summed E-state index contributed by atoms with van der Waals surface area (Å²) in [5, 5.41) is 6.22. The molecule has 0 spiro atoms. The van der Waals surface area contributed by atoms with Crippen LogP contribution in [0.15, 0.2) is 24.3 Å². The Morgan fingerprint density at radius 1 is 1.24 bits per heavy atom. The molecule has 2 N–H and O–H groups in total. The van der Waals surface area contributed by atoms with Crippen LogP contribution in [0.2, 0.25) is 0 Å². The van der Waals surface area contributed by atoms with Crippen LogP contribution >= 0.6 is 0 Å². The monoisotopic (exact) mass is 290 g/mol. The predicted molar refractivity (Wildman–Crippen MR) is 85.6 cm³/mol. The van der Waals surface area contributed by atoms with Crippen molar-refractivity contribution in [3.8, 4) is 0 Å². The fourth-order valence-corrected chi connectivity index (χ4v) is 2.04. The number of amides is 1. The third-order valence-electron chi connectivity index (χ3n) is 3.32. The summed E-state index contributed by atoms with van der Waals surface area (Å²) in [6.07, 6.45) is 3.37. The molecule has 1 fully saturated rings. The molecule has 0 radical (unpaired) electrons. The molecule has 21 heavy (non-hydrogen) atoms. The van der Waals surface area contributed by atoms with Crippen LogP contribution in [0.4, 0.5) is 10.5 Å². The van der Waals surface area contributed by atoms with Gasteiger partial charge in [-0.05, 0) is 76.7 Å². The van der Waals surface area contributed by atoms with Crippen LogP contribution in [0, 0.1) is 5.92 Å². The summed E-state index contributed by atoms with van der Waals surface area (Å²) in [6, 6.07) is 7.93. The van der Waals surface area contributed by atoms with Crippen molar-refractivity contribution >= 4 is 11.8 Å². The van der Waals surface area contributed by atoms with Gasteiger partial charge in [0, 0.05) is 5.69 Å². The number of ether oxygens (including phenoxy) is 1. The second-order valence-corrected chi connectivity index (χ2v) is 6.72. The van der Waals surface area contributed by atoms with Crippen LogP contribution in [0.1, 0.15) is 39.2 Å². The van der Waals surface area contributed by atoms with Crippen molar-refractivity contribution in [1.82, 2.24) is 5.32 Å². The minimum atomic E-state index is -0.475. The number of rotatable bonds is 6. The Hall–Kier alpha value is -1.55. The van der Waals surface area contributed by atoms with E-state index in [1.807, 2.05) is 45.0 Å². The Labute approximate surface area is 127 Å². The first-order chi connectivity index (χ1) is 9.92. The van der Waals surface area contributed by atoms with Crippen molar-refractivity contribution in [2.45, 2.75) is 45.6 Å². The smallest absolute Gasteiger partial charge is 0.412 e. The molecule has 0 bridgehead atoms. The summed E-state index contributed by atoms with van der Waals surface area (Å²) in [5.74, 6) is 0.922. The van der Waals surface area contributed by atoms with E-state index in [-0.39, 0.29) is 0 Å². The molecule has 116 valence electrons. The Bertz CT molecular complexity index is 459. The summed E-state index contributed by atoms with van der Waals surface area (Å²) < 4.78 is 5.22. The van der Waals surface area contributed by atoms with Gasteiger partial charge in [0.2, 0.25) is 0 Å². The van der Waals surface area contributed by atoms with Crippen LogP contribution in [0.3, 0.4) is 0 Å². The van der Waals surface area contributed by atoms with Crippen molar-refractivity contribution in [2.75, 3.05) is 18.4 Å². The number of benzene rings is 1. The minimum absolute atomic E-state index is 0.415. The standard InChI is InChI=1S/C17H26N2O2/c1-17(2,3)21-16(20)19-15-8-6-13(7-9-15)10-11-18-12-14-4-5-14/h6-9,14,18H,4-5,10-12H2,1-3H3,(H,19,20). The molecule has 0 unspecified atom stereocenters. The molecule has 1 saturated carbocycles. The molecular weight excluding hydrogens is 264 g/mol. The molecule has 0 aromatic heterocycles. The number of nitrogens with one attached hydrogen (secondary N) is 2. The fourth-order valence-electron chi connectivity index (χ4n) is 2.04. The van der Waals surface area contributed by atoms with Crippen LogP contribution in [0.5, 0.6) is 0 Å². The third kappa shape index (κ3) is 6.63. The van der Waals surface area contributed by atoms with Gasteiger partial charge in [-0.1, -0.05) is 12.1 Å². The lowest BCUT2D eigenvalue weighted by molar-refractivity contribution is 0.0636. The molecule has 4 nitrogen and oxygen atoms in total. The SMILES string of the molecule is CC(C)(C)OC(=O)Nc1ccc(CCNCC2CC2)cc1. The maximum absolute atomic E-state index is 11.7. The summed E-state index contributed by atoms with van der Waals surface area (Å²) in [5.41, 5.74) is 1.56. The minimum Gasteiger partial charge on any atom is -0.444 e. The van der Waals surface area contributed by atoms with E-state index in [1.165, 1.54) is 18.4 Å². The zero-order valence-corrected chi connectivity index (χ0v) is 13.2. The van der Waals surface area contributed by atoms with E-state index in [2.05, 4.69) is 10.6 Å². The van der Waals surface area contributed by atoms with Crippen LogP contribution in [-0.2, 0) is 11.2 Å². The van der Waals surface area contributed by atoms with Crippen LogP contribution in [0.25, 0.3) is 0 Å². The zero-order chi connectivity index (χ0) is 15.3. The van der Waals surface area contributed by atoms with Gasteiger partial charge in [-0.3, -0.25) is 5.32 Å². The van der Waals surface area contributed by atoms with Crippen molar-refractivity contribution in [3.63, 3.8) is 0 Å². The lowest BCUT2D eigenvalue weighted by Crippen LogP contribution is -2.27. The van der Waals surface area contributed by atoms with E-state index in [9.17, 15) is 4.79 Å². The average Bonchev–Trinajstić information content (AvgIpc) is 3.18. The largest absolute Gasteiger partial charge is 0.444 e. The number of carbonyl (C=O) groups is 1. The highest BCUT2D eigenvalue weighted by Crippen LogP contribution is 2.27. The highest BCUT2D eigenvalue weighted by atomic mass is 16.6. The predicted octanol–water partition coefficient (Wildman–Crippen LogP) is 3.58. The first-order valence-corrected chi connectivity index (χ1v) is 7.72. The molecular formula is C17H26N2O2. The summed E-state index contributed by atoms with van der Waals surface area (Å²) >= 11 is 0. The third-order valence-corrected chi connectivity index (χ3v) is 3.32. The number of carbonyl (C=O) groups excluding carboxylic acids is 1. The number of hydrogen-bond acceptors (Lipinski definition) is 3. The Kier molecular flexibility index (Phi) is 5.23. The molecule has 1 amide bonds. The molecule has 0 aliphatic heterocycles. The Balaban J connectivity index is 1.71. The molecule has 0 atom stereocenters. The summed E-state index contributed by atoms with van der Waals surface area (Å²) in [6.45, 7) is 7.71. The molecule has 1 aliphatic rings. The van der Waals surface area contributed by atoms with E-state index in [1.54, 1.807) is 0 Å². The van der Waals surface area contributed by atoms with Gasteiger partial charge in [-0.25, -0.2) is 4.79 Å². The fraction of sp³-hybridized carbons (Fsp3) is 0.588. The van der Waals surface area contributed by atoms with Gasteiger partial charge in [0.25, 0.3) is 0 Å². The van der Waals surface area contributed by atoms with Gasteiger partial charge in [0.15, 0.2) is 0 Å². The van der Waals surface area contributed by atoms with Crippen LogP contribution < -0.4 is 10.6 Å². The van der Waals surface area contributed by atoms with Gasteiger partial charge < -0.3 is 10.1 Å². The van der Waals surface area contributed by atoms with E-state index in [0.29, 0.717) is 0 Å². The van der Waals surface area contributed by atoms with Gasteiger partial charge in [-0.15, -0.1) is 0 Å². The highest BCUT2D eigenvalue weighted by molar-refractivity contribution is 5.84. The van der Waals surface area contributed by atoms with Crippen molar-refractivity contribution < 1.29 is 9.53 Å². The Morgan fingerprint density at radius 2 is 1.90 bits per heavy atom. The lowest BCUT2D eigenvalue weighted by atomic mass is 10.1. The molecule has 2 rings (SSSR count). The van der Waals surface area contributed by atoms with Gasteiger partial charge in [0.05, 0.1) is 0 Å². The Morgan fingerprint density at radius 3 is 2.48 bits per heavy atom. The second-order valence-electron chi connectivity index (χ2n) is 6.72. The first kappa shape index (κ1) is 15.8. The van der Waals surface area contributed by atoms with Gasteiger partial charge in [0.1, 0.15) is 5.60 Å². The van der Waals surface area contributed by atoms with E-state index >= 15 is 0 Å². The molecule has 4 heteroatoms. The van der Waals surface area contributed by atoms with Crippen molar-refractivity contribution in [2.24, 2.45) is 5.92 Å². The molecule has 1 aromatic carbocycles. The van der Waals surface area contributed by atoms with E-state index < -0.39 is 11.7 Å². The molecule has 0 heterocycles. The van der Waals surface area contributed by atoms with Crippen LogP contribution in [-0.4, -0.2) is 24.8 Å².